The molecule has 0 aromatic heterocycles. The van der Waals surface area contributed by atoms with Crippen molar-refractivity contribution in [3.05, 3.63) is 29.8 Å². The van der Waals surface area contributed by atoms with E-state index in [1.54, 1.807) is 0 Å². The van der Waals surface area contributed by atoms with Crippen LogP contribution < -0.4 is 5.32 Å². The van der Waals surface area contributed by atoms with Crippen molar-refractivity contribution in [1.29, 1.82) is 0 Å². The third kappa shape index (κ3) is 3.47. The second-order valence-corrected chi connectivity index (χ2v) is 5.45. The molecule has 0 bridgehead atoms. The fraction of sp³-hybridized carbons (Fsp3) is 0.571. The van der Waals surface area contributed by atoms with Crippen LogP contribution >= 0.6 is 11.8 Å². The maximum atomic E-state index is 3.57. The lowest BCUT2D eigenvalue weighted by atomic mass is 10.1. The monoisotopic (exact) mass is 250 g/mol. The molecule has 1 atom stereocenters. The molecule has 1 heterocycles. The zero-order valence-corrected chi connectivity index (χ0v) is 11.6. The molecule has 1 aromatic carbocycles. The first-order chi connectivity index (χ1) is 8.33. The molecule has 17 heavy (non-hydrogen) atoms. The molecule has 1 aliphatic heterocycles. The van der Waals surface area contributed by atoms with Gasteiger partial charge in [0, 0.05) is 37.1 Å². The normalized spacial score (nSPS) is 21.6. The molecule has 2 rings (SSSR count). The second-order valence-electron chi connectivity index (χ2n) is 4.61. The Balaban J connectivity index is 2.00. The van der Waals surface area contributed by atoms with E-state index in [0.717, 1.165) is 13.1 Å². The molecule has 1 N–H and O–H groups in total. The molecule has 0 spiro atoms. The van der Waals surface area contributed by atoms with E-state index in [1.165, 1.54) is 30.0 Å². The third-order valence-electron chi connectivity index (χ3n) is 3.42. The second kappa shape index (κ2) is 6.43. The van der Waals surface area contributed by atoms with Gasteiger partial charge < -0.3 is 5.32 Å². The summed E-state index contributed by atoms with van der Waals surface area (Å²) < 4.78 is 0. The van der Waals surface area contributed by atoms with E-state index in [1.807, 2.05) is 11.8 Å². The van der Waals surface area contributed by atoms with Crippen LogP contribution in [0.15, 0.2) is 29.2 Å². The van der Waals surface area contributed by atoms with Gasteiger partial charge in [-0.2, -0.15) is 0 Å². The van der Waals surface area contributed by atoms with Crippen LogP contribution in [0, 0.1) is 0 Å². The van der Waals surface area contributed by atoms with Crippen molar-refractivity contribution in [2.24, 2.45) is 0 Å². The molecule has 0 aliphatic carbocycles. The van der Waals surface area contributed by atoms with Crippen LogP contribution in [0.2, 0.25) is 0 Å². The molecule has 2 nitrogen and oxygen atoms in total. The van der Waals surface area contributed by atoms with Crippen LogP contribution in [0.5, 0.6) is 0 Å². The standard InChI is InChI=1S/C14H22N2S/c1-3-13-11-16(9-8-15-13)10-12-6-4-5-7-14(12)17-2/h4-7,13,15H,3,8-11H2,1-2H3/t13-/m0/s1. The predicted molar refractivity (Wildman–Crippen MR) is 75.6 cm³/mol. The van der Waals surface area contributed by atoms with E-state index < -0.39 is 0 Å². The summed E-state index contributed by atoms with van der Waals surface area (Å²) in [6.45, 7) is 6.82. The zero-order valence-electron chi connectivity index (χ0n) is 10.8. The van der Waals surface area contributed by atoms with E-state index in [4.69, 9.17) is 0 Å². The molecule has 0 unspecified atom stereocenters. The van der Waals surface area contributed by atoms with E-state index in [0.29, 0.717) is 6.04 Å². The summed E-state index contributed by atoms with van der Waals surface area (Å²) in [6, 6.07) is 9.43. The summed E-state index contributed by atoms with van der Waals surface area (Å²) >= 11 is 1.85. The molecule has 94 valence electrons. The average molecular weight is 250 g/mol. The van der Waals surface area contributed by atoms with Crippen molar-refractivity contribution < 1.29 is 0 Å². The van der Waals surface area contributed by atoms with Gasteiger partial charge in [0.15, 0.2) is 0 Å². The van der Waals surface area contributed by atoms with Gasteiger partial charge in [0.25, 0.3) is 0 Å². The van der Waals surface area contributed by atoms with Crippen molar-refractivity contribution in [3.8, 4) is 0 Å². The molecule has 1 aliphatic rings. The molecule has 1 fully saturated rings. The first kappa shape index (κ1) is 12.9. The minimum Gasteiger partial charge on any atom is -0.311 e. The third-order valence-corrected chi connectivity index (χ3v) is 4.26. The minimum absolute atomic E-state index is 0.671. The number of piperazine rings is 1. The number of hydrogen-bond acceptors (Lipinski definition) is 3. The summed E-state index contributed by atoms with van der Waals surface area (Å²) in [5, 5.41) is 3.57. The highest BCUT2D eigenvalue weighted by atomic mass is 32.2. The summed E-state index contributed by atoms with van der Waals surface area (Å²) in [6.07, 6.45) is 3.38. The number of rotatable bonds is 4. The molecule has 1 aromatic rings. The number of benzene rings is 1. The zero-order chi connectivity index (χ0) is 12.1. The average Bonchev–Trinajstić information content (AvgIpc) is 2.39. The Hall–Kier alpha value is -0.510. The van der Waals surface area contributed by atoms with Gasteiger partial charge in [-0.05, 0) is 24.3 Å². The van der Waals surface area contributed by atoms with Gasteiger partial charge in [-0.1, -0.05) is 25.1 Å². The van der Waals surface area contributed by atoms with Crippen molar-refractivity contribution in [3.63, 3.8) is 0 Å². The smallest absolute Gasteiger partial charge is 0.0246 e. The van der Waals surface area contributed by atoms with Gasteiger partial charge in [0.1, 0.15) is 0 Å². The number of hydrogen-bond donors (Lipinski definition) is 1. The lowest BCUT2D eigenvalue weighted by molar-refractivity contribution is 0.189. The van der Waals surface area contributed by atoms with Crippen LogP contribution in [0.4, 0.5) is 0 Å². The molecular weight excluding hydrogens is 228 g/mol. The Morgan fingerprint density at radius 2 is 2.24 bits per heavy atom. The highest BCUT2D eigenvalue weighted by Gasteiger charge is 2.18. The van der Waals surface area contributed by atoms with Gasteiger partial charge in [-0.3, -0.25) is 4.90 Å². The summed E-state index contributed by atoms with van der Waals surface area (Å²) in [4.78, 5) is 3.98. The lowest BCUT2D eigenvalue weighted by Gasteiger charge is -2.33. The molecule has 1 saturated heterocycles. The molecule has 3 heteroatoms. The van der Waals surface area contributed by atoms with Crippen LogP contribution in [0.25, 0.3) is 0 Å². The van der Waals surface area contributed by atoms with Gasteiger partial charge in [-0.15, -0.1) is 11.8 Å². The van der Waals surface area contributed by atoms with Crippen LogP contribution in [0.3, 0.4) is 0 Å². The Bertz CT molecular complexity index is 354. The van der Waals surface area contributed by atoms with Crippen molar-refractivity contribution in [1.82, 2.24) is 10.2 Å². The van der Waals surface area contributed by atoms with Gasteiger partial charge >= 0.3 is 0 Å². The Morgan fingerprint density at radius 3 is 3.00 bits per heavy atom. The summed E-state index contributed by atoms with van der Waals surface area (Å²) in [5.41, 5.74) is 1.47. The SMILES string of the molecule is CC[C@H]1CN(Cc2ccccc2SC)CCN1. The number of nitrogens with zero attached hydrogens (tertiary/aromatic N) is 1. The topological polar surface area (TPSA) is 15.3 Å². The van der Waals surface area contributed by atoms with Crippen molar-refractivity contribution >= 4 is 11.8 Å². The van der Waals surface area contributed by atoms with E-state index in [2.05, 4.69) is 47.7 Å². The van der Waals surface area contributed by atoms with Crippen molar-refractivity contribution in [2.75, 3.05) is 25.9 Å². The largest absolute Gasteiger partial charge is 0.311 e. The number of thioether (sulfide) groups is 1. The highest BCUT2D eigenvalue weighted by Crippen LogP contribution is 2.21. The quantitative estimate of drug-likeness (QED) is 0.827. The van der Waals surface area contributed by atoms with Crippen LogP contribution in [-0.2, 0) is 6.54 Å². The van der Waals surface area contributed by atoms with E-state index >= 15 is 0 Å². The van der Waals surface area contributed by atoms with Gasteiger partial charge in [0.2, 0.25) is 0 Å². The Kier molecular flexibility index (Phi) is 4.89. The molecule has 0 saturated carbocycles. The minimum atomic E-state index is 0.671. The first-order valence-corrected chi connectivity index (χ1v) is 7.63. The maximum Gasteiger partial charge on any atom is 0.0246 e. The number of nitrogens with one attached hydrogen (secondary N) is 1. The summed E-state index contributed by atoms with van der Waals surface area (Å²) in [5.74, 6) is 0. The first-order valence-electron chi connectivity index (χ1n) is 6.41. The molecule has 0 amide bonds. The lowest BCUT2D eigenvalue weighted by Crippen LogP contribution is -2.49. The fourth-order valence-corrected chi connectivity index (χ4v) is 3.00. The van der Waals surface area contributed by atoms with Crippen molar-refractivity contribution in [2.45, 2.75) is 30.8 Å². The predicted octanol–water partition coefficient (Wildman–Crippen LogP) is 2.59. The van der Waals surface area contributed by atoms with Gasteiger partial charge in [-0.25, -0.2) is 0 Å². The van der Waals surface area contributed by atoms with E-state index in [9.17, 15) is 0 Å². The Labute approximate surface area is 109 Å². The Morgan fingerprint density at radius 1 is 1.41 bits per heavy atom. The molecule has 0 radical (unpaired) electrons. The van der Waals surface area contributed by atoms with Crippen LogP contribution in [0.1, 0.15) is 18.9 Å². The summed E-state index contributed by atoms with van der Waals surface area (Å²) in [7, 11) is 0. The van der Waals surface area contributed by atoms with Gasteiger partial charge in [0.05, 0.1) is 0 Å². The highest BCUT2D eigenvalue weighted by molar-refractivity contribution is 7.98. The fourth-order valence-electron chi connectivity index (χ4n) is 2.39. The van der Waals surface area contributed by atoms with E-state index in [-0.39, 0.29) is 0 Å². The van der Waals surface area contributed by atoms with Crippen LogP contribution in [-0.4, -0.2) is 36.8 Å². The maximum absolute atomic E-state index is 3.57. The molecular formula is C14H22N2S.